The van der Waals surface area contributed by atoms with Crippen molar-refractivity contribution in [3.8, 4) is 0 Å². The smallest absolute Gasteiger partial charge is 0.325 e. The highest BCUT2D eigenvalue weighted by atomic mass is 35.5. The average Bonchev–Trinajstić information content (AvgIpc) is 2.31. The van der Waals surface area contributed by atoms with Crippen LogP contribution in [-0.2, 0) is 6.42 Å². The van der Waals surface area contributed by atoms with Crippen LogP contribution in [0.3, 0.4) is 0 Å². The summed E-state index contributed by atoms with van der Waals surface area (Å²) in [5.41, 5.74) is 6.48. The molecular formula is C13H16ClF3N2. The summed E-state index contributed by atoms with van der Waals surface area (Å²) in [5, 5.41) is 0.519. The van der Waals surface area contributed by atoms with Gasteiger partial charge in [-0.05, 0) is 43.7 Å². The highest BCUT2D eigenvalue weighted by Crippen LogP contribution is 2.41. The van der Waals surface area contributed by atoms with Crippen molar-refractivity contribution in [3.05, 3.63) is 29.0 Å². The quantitative estimate of drug-likeness (QED) is 0.902. The predicted molar refractivity (Wildman–Crippen MR) is 67.9 cm³/mol. The van der Waals surface area contributed by atoms with E-state index in [4.69, 9.17) is 17.3 Å². The Morgan fingerprint density at radius 3 is 2.53 bits per heavy atom. The van der Waals surface area contributed by atoms with E-state index in [9.17, 15) is 13.2 Å². The van der Waals surface area contributed by atoms with Gasteiger partial charge >= 0.3 is 6.18 Å². The van der Waals surface area contributed by atoms with Crippen molar-refractivity contribution in [3.63, 3.8) is 0 Å². The third kappa shape index (κ3) is 3.60. The largest absolute Gasteiger partial charge is 0.391 e. The molecule has 6 heteroatoms. The van der Waals surface area contributed by atoms with Crippen molar-refractivity contribution >= 4 is 11.6 Å². The molecule has 0 spiro atoms. The number of nitrogens with two attached hydrogens (primary N) is 1. The van der Waals surface area contributed by atoms with Gasteiger partial charge in [-0.2, -0.15) is 13.2 Å². The van der Waals surface area contributed by atoms with Crippen molar-refractivity contribution in [2.45, 2.75) is 43.8 Å². The van der Waals surface area contributed by atoms with Crippen LogP contribution >= 0.6 is 11.6 Å². The summed E-state index contributed by atoms with van der Waals surface area (Å²) >= 11 is 6.01. The highest BCUT2D eigenvalue weighted by molar-refractivity contribution is 6.31. The maximum absolute atomic E-state index is 12.6. The molecule has 2 nitrogen and oxygen atoms in total. The van der Waals surface area contributed by atoms with Crippen LogP contribution in [0.4, 0.5) is 13.2 Å². The number of aromatic nitrogens is 1. The number of hydrogen-bond acceptors (Lipinski definition) is 2. The summed E-state index contributed by atoms with van der Waals surface area (Å²) in [5.74, 6) is -1.21. The van der Waals surface area contributed by atoms with Gasteiger partial charge in [0, 0.05) is 17.9 Å². The van der Waals surface area contributed by atoms with Gasteiger partial charge < -0.3 is 5.73 Å². The molecule has 106 valence electrons. The minimum Gasteiger partial charge on any atom is -0.325 e. The standard InChI is InChI=1S/C13H16ClF3N2/c14-11-8-19-6-3-9(11)7-12(18)4-1-10(2-5-12)13(15,16)17/h3,6,8,10H,1-2,4-5,7,18H2. The van der Waals surface area contributed by atoms with E-state index in [1.54, 1.807) is 12.3 Å². The van der Waals surface area contributed by atoms with E-state index < -0.39 is 17.6 Å². The first-order valence-corrected chi connectivity index (χ1v) is 6.62. The Labute approximate surface area is 115 Å². The molecule has 19 heavy (non-hydrogen) atoms. The van der Waals surface area contributed by atoms with Crippen molar-refractivity contribution in [2.75, 3.05) is 0 Å². The van der Waals surface area contributed by atoms with Crippen LogP contribution in [0.25, 0.3) is 0 Å². The van der Waals surface area contributed by atoms with Crippen LogP contribution in [0.15, 0.2) is 18.5 Å². The van der Waals surface area contributed by atoms with Gasteiger partial charge in [-0.25, -0.2) is 0 Å². The maximum atomic E-state index is 12.6. The average molecular weight is 293 g/mol. The van der Waals surface area contributed by atoms with E-state index in [1.165, 1.54) is 6.20 Å². The fourth-order valence-electron chi connectivity index (χ4n) is 2.62. The number of hydrogen-bond donors (Lipinski definition) is 1. The second-order valence-corrected chi connectivity index (χ2v) is 5.73. The molecule has 0 bridgehead atoms. The monoisotopic (exact) mass is 292 g/mol. The fourth-order valence-corrected chi connectivity index (χ4v) is 2.81. The van der Waals surface area contributed by atoms with E-state index >= 15 is 0 Å². The fraction of sp³-hybridized carbons (Fsp3) is 0.615. The molecule has 0 amide bonds. The van der Waals surface area contributed by atoms with Gasteiger partial charge in [0.2, 0.25) is 0 Å². The van der Waals surface area contributed by atoms with Crippen molar-refractivity contribution in [1.82, 2.24) is 4.98 Å². The molecule has 0 radical (unpaired) electrons. The van der Waals surface area contributed by atoms with Crippen LogP contribution in [0.5, 0.6) is 0 Å². The number of halogens is 4. The first kappa shape index (κ1) is 14.6. The lowest BCUT2D eigenvalue weighted by Crippen LogP contribution is -2.47. The van der Waals surface area contributed by atoms with Crippen LogP contribution in [0.1, 0.15) is 31.2 Å². The molecule has 1 aliphatic rings. The SMILES string of the molecule is NC1(Cc2ccncc2Cl)CCC(C(F)(F)F)CC1. The van der Waals surface area contributed by atoms with E-state index in [0.29, 0.717) is 24.3 Å². The summed E-state index contributed by atoms with van der Waals surface area (Å²) in [6.45, 7) is 0. The molecule has 0 aromatic carbocycles. The zero-order chi connectivity index (χ0) is 14.1. The summed E-state index contributed by atoms with van der Waals surface area (Å²) in [6.07, 6.45) is 0.485. The molecule has 1 aromatic heterocycles. The molecule has 0 aliphatic heterocycles. The maximum Gasteiger partial charge on any atom is 0.391 e. The van der Waals surface area contributed by atoms with Gasteiger partial charge in [0.05, 0.1) is 10.9 Å². The van der Waals surface area contributed by atoms with Crippen LogP contribution < -0.4 is 5.73 Å². The molecule has 1 fully saturated rings. The minimum atomic E-state index is -4.10. The van der Waals surface area contributed by atoms with E-state index in [1.807, 2.05) is 0 Å². The van der Waals surface area contributed by atoms with Crippen molar-refractivity contribution in [1.29, 1.82) is 0 Å². The molecular weight excluding hydrogens is 277 g/mol. The minimum absolute atomic E-state index is 0.0999. The number of rotatable bonds is 2. The van der Waals surface area contributed by atoms with Crippen molar-refractivity contribution in [2.24, 2.45) is 11.7 Å². The van der Waals surface area contributed by atoms with Crippen LogP contribution in [0.2, 0.25) is 5.02 Å². The second kappa shape index (κ2) is 5.29. The first-order chi connectivity index (χ1) is 8.80. The molecule has 1 aromatic rings. The lowest BCUT2D eigenvalue weighted by molar-refractivity contribution is -0.184. The molecule has 1 heterocycles. The van der Waals surface area contributed by atoms with Gasteiger partial charge in [0.15, 0.2) is 0 Å². The molecule has 0 saturated heterocycles. The Morgan fingerprint density at radius 1 is 1.37 bits per heavy atom. The van der Waals surface area contributed by atoms with Gasteiger partial charge in [-0.1, -0.05) is 11.6 Å². The lowest BCUT2D eigenvalue weighted by Gasteiger charge is -2.38. The summed E-state index contributed by atoms with van der Waals surface area (Å²) in [4.78, 5) is 3.88. The third-order valence-electron chi connectivity index (χ3n) is 3.84. The van der Waals surface area contributed by atoms with Crippen LogP contribution in [-0.4, -0.2) is 16.7 Å². The van der Waals surface area contributed by atoms with Gasteiger partial charge in [0.25, 0.3) is 0 Å². The second-order valence-electron chi connectivity index (χ2n) is 5.32. The normalized spacial score (nSPS) is 28.4. The Bertz CT molecular complexity index is 440. The molecule has 0 unspecified atom stereocenters. The van der Waals surface area contributed by atoms with Crippen LogP contribution in [0, 0.1) is 5.92 Å². The van der Waals surface area contributed by atoms with Crippen molar-refractivity contribution < 1.29 is 13.2 Å². The Balaban J connectivity index is 2.01. The third-order valence-corrected chi connectivity index (χ3v) is 4.18. The molecule has 0 atom stereocenters. The summed E-state index contributed by atoms with van der Waals surface area (Å²) in [6, 6.07) is 1.77. The number of pyridine rings is 1. The van der Waals surface area contributed by atoms with E-state index in [-0.39, 0.29) is 12.8 Å². The zero-order valence-corrected chi connectivity index (χ0v) is 11.1. The van der Waals surface area contributed by atoms with Gasteiger partial charge in [0.1, 0.15) is 0 Å². The molecule has 2 rings (SSSR count). The van der Waals surface area contributed by atoms with Gasteiger partial charge in [-0.3, -0.25) is 4.98 Å². The number of nitrogens with zero attached hydrogens (tertiary/aromatic N) is 1. The van der Waals surface area contributed by atoms with Gasteiger partial charge in [-0.15, -0.1) is 0 Å². The highest BCUT2D eigenvalue weighted by Gasteiger charge is 2.44. The number of alkyl halides is 3. The predicted octanol–water partition coefficient (Wildman–Crippen LogP) is 3.73. The Morgan fingerprint density at radius 2 is 2.00 bits per heavy atom. The van der Waals surface area contributed by atoms with E-state index in [2.05, 4.69) is 4.98 Å². The lowest BCUT2D eigenvalue weighted by atomic mass is 9.74. The van der Waals surface area contributed by atoms with E-state index in [0.717, 1.165) is 5.56 Å². The Hall–Kier alpha value is -0.810. The molecule has 2 N–H and O–H groups in total. The molecule has 1 saturated carbocycles. The summed E-state index contributed by atoms with van der Waals surface area (Å²) in [7, 11) is 0. The first-order valence-electron chi connectivity index (χ1n) is 6.24. The molecule has 1 aliphatic carbocycles. The topological polar surface area (TPSA) is 38.9 Å². The Kier molecular flexibility index (Phi) is 4.06. The summed E-state index contributed by atoms with van der Waals surface area (Å²) < 4.78 is 37.8. The zero-order valence-electron chi connectivity index (χ0n) is 10.4.